The van der Waals surface area contributed by atoms with Gasteiger partial charge in [-0.1, -0.05) is 19.1 Å². The fourth-order valence-corrected chi connectivity index (χ4v) is 3.08. The van der Waals surface area contributed by atoms with E-state index in [0.717, 1.165) is 55.8 Å². The number of nitrogens with one attached hydrogen (secondary N) is 1. The van der Waals surface area contributed by atoms with Crippen molar-refractivity contribution >= 4 is 11.1 Å². The number of oxazole rings is 1. The van der Waals surface area contributed by atoms with Crippen molar-refractivity contribution in [2.24, 2.45) is 0 Å². The number of hydrogen-bond donors (Lipinski definition) is 1. The highest BCUT2D eigenvalue weighted by molar-refractivity contribution is 5.72. The van der Waals surface area contributed by atoms with Gasteiger partial charge in [0.15, 0.2) is 11.5 Å². The van der Waals surface area contributed by atoms with Crippen LogP contribution in [0, 0.1) is 0 Å². The monoisotopic (exact) mass is 288 g/mol. The standard InChI is InChI=1S/C17H24N2O2/c1-3-10-18-15(17(2)9-6-11-20-17)12-16-19-13-7-4-5-8-14(13)21-16/h4-5,7-8,15,18H,3,6,9-12H2,1-2H3. The van der Waals surface area contributed by atoms with Crippen LogP contribution < -0.4 is 5.32 Å². The molecule has 0 bridgehead atoms. The van der Waals surface area contributed by atoms with Gasteiger partial charge in [-0.2, -0.15) is 0 Å². The molecule has 2 aromatic rings. The first kappa shape index (κ1) is 14.5. The zero-order chi connectivity index (χ0) is 14.7. The Balaban J connectivity index is 1.79. The van der Waals surface area contributed by atoms with E-state index >= 15 is 0 Å². The molecule has 1 aromatic carbocycles. The average molecular weight is 288 g/mol. The molecule has 0 spiro atoms. The third-order valence-corrected chi connectivity index (χ3v) is 4.34. The molecule has 1 fully saturated rings. The van der Waals surface area contributed by atoms with E-state index in [-0.39, 0.29) is 11.6 Å². The van der Waals surface area contributed by atoms with Crippen LogP contribution in [0.3, 0.4) is 0 Å². The summed E-state index contributed by atoms with van der Waals surface area (Å²) in [6.07, 6.45) is 4.11. The lowest BCUT2D eigenvalue weighted by atomic mass is 9.90. The van der Waals surface area contributed by atoms with Crippen molar-refractivity contribution < 1.29 is 9.15 Å². The number of benzene rings is 1. The number of ether oxygens (including phenoxy) is 1. The summed E-state index contributed by atoms with van der Waals surface area (Å²) in [6.45, 7) is 6.23. The van der Waals surface area contributed by atoms with E-state index < -0.39 is 0 Å². The molecule has 1 aromatic heterocycles. The molecular formula is C17H24N2O2. The van der Waals surface area contributed by atoms with Gasteiger partial charge in [0.05, 0.1) is 5.60 Å². The number of aromatic nitrogens is 1. The van der Waals surface area contributed by atoms with Crippen molar-refractivity contribution in [2.45, 2.75) is 51.2 Å². The summed E-state index contributed by atoms with van der Waals surface area (Å²) >= 11 is 0. The Bertz CT molecular complexity index is 554. The smallest absolute Gasteiger partial charge is 0.197 e. The van der Waals surface area contributed by atoms with Crippen LogP contribution in [-0.4, -0.2) is 29.8 Å². The largest absolute Gasteiger partial charge is 0.441 e. The lowest BCUT2D eigenvalue weighted by Gasteiger charge is -2.33. The van der Waals surface area contributed by atoms with Gasteiger partial charge in [-0.25, -0.2) is 4.98 Å². The van der Waals surface area contributed by atoms with E-state index in [2.05, 4.69) is 24.1 Å². The molecule has 0 saturated carbocycles. The van der Waals surface area contributed by atoms with Crippen LogP contribution in [0.5, 0.6) is 0 Å². The Labute approximate surface area is 125 Å². The fraction of sp³-hybridized carbons (Fsp3) is 0.588. The SMILES string of the molecule is CCCNC(Cc1nc2ccccc2o1)C1(C)CCCO1. The molecule has 0 radical (unpaired) electrons. The topological polar surface area (TPSA) is 47.3 Å². The minimum atomic E-state index is -0.115. The highest BCUT2D eigenvalue weighted by Crippen LogP contribution is 2.30. The van der Waals surface area contributed by atoms with Crippen LogP contribution in [0.15, 0.2) is 28.7 Å². The van der Waals surface area contributed by atoms with Gasteiger partial charge in [0, 0.05) is 19.1 Å². The fourth-order valence-electron chi connectivity index (χ4n) is 3.08. The minimum Gasteiger partial charge on any atom is -0.441 e. The molecule has 1 saturated heterocycles. The van der Waals surface area contributed by atoms with Gasteiger partial charge in [-0.15, -0.1) is 0 Å². The molecule has 2 atom stereocenters. The van der Waals surface area contributed by atoms with Crippen LogP contribution in [0.1, 0.15) is 39.0 Å². The third kappa shape index (κ3) is 3.11. The highest BCUT2D eigenvalue weighted by atomic mass is 16.5. The molecular weight excluding hydrogens is 264 g/mol. The van der Waals surface area contributed by atoms with Crippen molar-refractivity contribution in [3.05, 3.63) is 30.2 Å². The lowest BCUT2D eigenvalue weighted by molar-refractivity contribution is -0.0128. The van der Waals surface area contributed by atoms with Crippen molar-refractivity contribution in [1.29, 1.82) is 0 Å². The molecule has 2 heterocycles. The van der Waals surface area contributed by atoms with Crippen LogP contribution in [0.2, 0.25) is 0 Å². The van der Waals surface area contributed by atoms with E-state index in [0.29, 0.717) is 0 Å². The molecule has 1 N–H and O–H groups in total. The molecule has 0 amide bonds. The first-order chi connectivity index (χ1) is 10.2. The molecule has 1 aliphatic rings. The maximum absolute atomic E-state index is 6.01. The Hall–Kier alpha value is -1.39. The second-order valence-electron chi connectivity index (χ2n) is 6.05. The zero-order valence-electron chi connectivity index (χ0n) is 12.9. The predicted molar refractivity (Wildman–Crippen MR) is 83.4 cm³/mol. The van der Waals surface area contributed by atoms with Gasteiger partial charge >= 0.3 is 0 Å². The van der Waals surface area contributed by atoms with Gasteiger partial charge in [0.25, 0.3) is 0 Å². The molecule has 114 valence electrons. The average Bonchev–Trinajstić information content (AvgIpc) is 3.09. The number of rotatable bonds is 6. The van der Waals surface area contributed by atoms with Crippen LogP contribution >= 0.6 is 0 Å². The van der Waals surface area contributed by atoms with Gasteiger partial charge in [-0.3, -0.25) is 0 Å². The normalized spacial score (nSPS) is 23.7. The Kier molecular flexibility index (Phi) is 4.27. The Morgan fingerprint density at radius 3 is 2.95 bits per heavy atom. The maximum atomic E-state index is 6.01. The first-order valence-corrected chi connectivity index (χ1v) is 7.93. The molecule has 0 aliphatic carbocycles. The second kappa shape index (κ2) is 6.16. The summed E-state index contributed by atoms with van der Waals surface area (Å²) in [5, 5.41) is 3.62. The summed E-state index contributed by atoms with van der Waals surface area (Å²) in [5.74, 6) is 0.793. The molecule has 4 heteroatoms. The number of nitrogens with zero attached hydrogens (tertiary/aromatic N) is 1. The first-order valence-electron chi connectivity index (χ1n) is 7.93. The van der Waals surface area contributed by atoms with Crippen molar-refractivity contribution in [3.63, 3.8) is 0 Å². The summed E-state index contributed by atoms with van der Waals surface area (Å²) in [6, 6.07) is 8.17. The van der Waals surface area contributed by atoms with Crippen LogP contribution in [0.25, 0.3) is 11.1 Å². The third-order valence-electron chi connectivity index (χ3n) is 4.34. The van der Waals surface area contributed by atoms with Gasteiger partial charge in [-0.05, 0) is 44.9 Å². The number of hydrogen-bond acceptors (Lipinski definition) is 4. The predicted octanol–water partition coefficient (Wildman–Crippen LogP) is 3.31. The van der Waals surface area contributed by atoms with E-state index in [9.17, 15) is 0 Å². The lowest BCUT2D eigenvalue weighted by Crippen LogP contribution is -2.50. The van der Waals surface area contributed by atoms with E-state index in [1.807, 2.05) is 24.3 Å². The minimum absolute atomic E-state index is 0.115. The number of fused-ring (bicyclic) bond motifs is 1. The number of para-hydroxylation sites is 2. The van der Waals surface area contributed by atoms with E-state index in [4.69, 9.17) is 9.15 Å². The van der Waals surface area contributed by atoms with Gasteiger partial charge < -0.3 is 14.5 Å². The van der Waals surface area contributed by atoms with Crippen molar-refractivity contribution in [1.82, 2.24) is 10.3 Å². The molecule has 4 nitrogen and oxygen atoms in total. The van der Waals surface area contributed by atoms with Crippen LogP contribution in [-0.2, 0) is 11.2 Å². The Morgan fingerprint density at radius 2 is 2.24 bits per heavy atom. The van der Waals surface area contributed by atoms with Gasteiger partial charge in [0.2, 0.25) is 0 Å². The summed E-state index contributed by atoms with van der Waals surface area (Å²) < 4.78 is 11.9. The maximum Gasteiger partial charge on any atom is 0.197 e. The molecule has 1 aliphatic heterocycles. The van der Waals surface area contributed by atoms with Gasteiger partial charge in [0.1, 0.15) is 5.52 Å². The van der Waals surface area contributed by atoms with E-state index in [1.54, 1.807) is 0 Å². The quantitative estimate of drug-likeness (QED) is 0.886. The second-order valence-corrected chi connectivity index (χ2v) is 6.05. The summed E-state index contributed by atoms with van der Waals surface area (Å²) in [7, 11) is 0. The molecule has 2 unspecified atom stereocenters. The van der Waals surface area contributed by atoms with Crippen molar-refractivity contribution in [3.8, 4) is 0 Å². The van der Waals surface area contributed by atoms with E-state index in [1.165, 1.54) is 0 Å². The summed E-state index contributed by atoms with van der Waals surface area (Å²) in [5.41, 5.74) is 1.67. The van der Waals surface area contributed by atoms with Crippen LogP contribution in [0.4, 0.5) is 0 Å². The van der Waals surface area contributed by atoms with Crippen molar-refractivity contribution in [2.75, 3.05) is 13.2 Å². The summed E-state index contributed by atoms with van der Waals surface area (Å²) in [4.78, 5) is 4.60. The highest BCUT2D eigenvalue weighted by Gasteiger charge is 2.38. The molecule has 21 heavy (non-hydrogen) atoms. The Morgan fingerprint density at radius 1 is 1.38 bits per heavy atom. The molecule has 3 rings (SSSR count). The zero-order valence-corrected chi connectivity index (χ0v) is 12.9.